The van der Waals surface area contributed by atoms with Crippen LogP contribution in [-0.4, -0.2) is 31.0 Å². The summed E-state index contributed by atoms with van der Waals surface area (Å²) in [7, 11) is 1.60. The molecule has 0 heterocycles. The Morgan fingerprint density at radius 2 is 2.39 bits per heavy atom. The van der Waals surface area contributed by atoms with Crippen molar-refractivity contribution in [2.45, 2.75) is 12.5 Å². The number of alkyl halides is 1. The maximum atomic E-state index is 12.0. The molecule has 1 atom stereocenters. The molecular weight excluding hydrogens is 296 g/mol. The van der Waals surface area contributed by atoms with Gasteiger partial charge in [0.15, 0.2) is 0 Å². The first-order chi connectivity index (χ1) is 8.71. The van der Waals surface area contributed by atoms with Gasteiger partial charge in [0.05, 0.1) is 24.3 Å². The fraction of sp³-hybridized carbons (Fsp3) is 0.385. The van der Waals surface area contributed by atoms with Gasteiger partial charge in [-0.3, -0.25) is 4.79 Å². The Bertz CT molecular complexity index is 437. The highest BCUT2D eigenvalue weighted by Gasteiger charge is 2.13. The second kappa shape index (κ2) is 7.85. The molecule has 96 valence electrons. The summed E-state index contributed by atoms with van der Waals surface area (Å²) >= 11 is 3.34. The van der Waals surface area contributed by atoms with Crippen LogP contribution >= 0.6 is 15.9 Å². The smallest absolute Gasteiger partial charge is 0.251 e. The summed E-state index contributed by atoms with van der Waals surface area (Å²) in [6, 6.07) is 8.61. The van der Waals surface area contributed by atoms with Gasteiger partial charge in [0.1, 0.15) is 0 Å². The number of hydrogen-bond donors (Lipinski definition) is 1. The van der Waals surface area contributed by atoms with Crippen LogP contribution in [0.1, 0.15) is 22.3 Å². The molecule has 1 N–H and O–H groups in total. The number of nitriles is 1. The van der Waals surface area contributed by atoms with Crippen molar-refractivity contribution < 1.29 is 9.53 Å². The zero-order valence-corrected chi connectivity index (χ0v) is 11.7. The normalized spacial score (nSPS) is 11.6. The van der Waals surface area contributed by atoms with Crippen LogP contribution in [0, 0.1) is 11.3 Å². The number of hydrogen-bond acceptors (Lipinski definition) is 3. The molecule has 0 aliphatic heterocycles. The Morgan fingerprint density at radius 3 is 3.00 bits per heavy atom. The lowest BCUT2D eigenvalue weighted by Crippen LogP contribution is -2.38. The predicted molar refractivity (Wildman–Crippen MR) is 72.7 cm³/mol. The molecule has 1 unspecified atom stereocenters. The molecule has 0 bridgehead atoms. The van der Waals surface area contributed by atoms with Crippen molar-refractivity contribution in [3.8, 4) is 6.07 Å². The Labute approximate surface area is 115 Å². The number of halogens is 1. The minimum atomic E-state index is -0.185. The third kappa shape index (κ3) is 4.47. The van der Waals surface area contributed by atoms with Crippen LogP contribution in [0.15, 0.2) is 24.3 Å². The lowest BCUT2D eigenvalue weighted by atomic mass is 10.1. The first kappa shape index (κ1) is 14.7. The van der Waals surface area contributed by atoms with Crippen molar-refractivity contribution in [3.05, 3.63) is 35.4 Å². The lowest BCUT2D eigenvalue weighted by molar-refractivity contribution is 0.0895. The highest BCUT2D eigenvalue weighted by molar-refractivity contribution is 9.09. The first-order valence-corrected chi connectivity index (χ1v) is 6.69. The largest absolute Gasteiger partial charge is 0.383 e. The molecule has 0 aliphatic rings. The molecule has 0 radical (unpaired) electrons. The van der Waals surface area contributed by atoms with Gasteiger partial charge in [0.2, 0.25) is 0 Å². The number of benzene rings is 1. The summed E-state index contributed by atoms with van der Waals surface area (Å²) in [4.78, 5) is 12.0. The van der Waals surface area contributed by atoms with E-state index >= 15 is 0 Å². The van der Waals surface area contributed by atoms with Crippen LogP contribution in [0.5, 0.6) is 0 Å². The minimum Gasteiger partial charge on any atom is -0.383 e. The summed E-state index contributed by atoms with van der Waals surface area (Å²) < 4.78 is 5.05. The van der Waals surface area contributed by atoms with E-state index in [2.05, 4.69) is 21.2 Å². The van der Waals surface area contributed by atoms with Crippen LogP contribution < -0.4 is 5.32 Å². The maximum absolute atomic E-state index is 12.0. The molecule has 0 aliphatic carbocycles. The molecule has 0 saturated heterocycles. The van der Waals surface area contributed by atoms with Crippen LogP contribution in [0.2, 0.25) is 0 Å². The number of ether oxygens (including phenoxy) is 1. The number of rotatable bonds is 6. The van der Waals surface area contributed by atoms with Gasteiger partial charge in [0, 0.05) is 18.0 Å². The molecule has 1 rings (SSSR count). The number of carbonyl (C=O) groups is 1. The second-order valence-corrected chi connectivity index (χ2v) is 4.59. The summed E-state index contributed by atoms with van der Waals surface area (Å²) in [5.74, 6) is -0.185. The topological polar surface area (TPSA) is 62.1 Å². The Morgan fingerprint density at radius 1 is 1.61 bits per heavy atom. The number of methoxy groups -OCH3 is 1. The van der Waals surface area contributed by atoms with E-state index in [0.717, 1.165) is 11.8 Å². The van der Waals surface area contributed by atoms with Gasteiger partial charge in [-0.05, 0) is 24.6 Å². The number of nitrogens with zero attached hydrogens (tertiary/aromatic N) is 1. The van der Waals surface area contributed by atoms with Crippen molar-refractivity contribution in [3.63, 3.8) is 0 Å². The molecule has 1 amide bonds. The maximum Gasteiger partial charge on any atom is 0.251 e. The van der Waals surface area contributed by atoms with E-state index in [-0.39, 0.29) is 11.9 Å². The molecule has 5 heteroatoms. The van der Waals surface area contributed by atoms with E-state index in [1.54, 1.807) is 31.4 Å². The Kier molecular flexibility index (Phi) is 6.40. The van der Waals surface area contributed by atoms with Gasteiger partial charge in [-0.2, -0.15) is 5.26 Å². The van der Waals surface area contributed by atoms with Crippen LogP contribution in [0.25, 0.3) is 0 Å². The molecule has 0 aromatic heterocycles. The fourth-order valence-electron chi connectivity index (χ4n) is 1.53. The average molecular weight is 311 g/mol. The monoisotopic (exact) mass is 310 g/mol. The van der Waals surface area contributed by atoms with E-state index in [1.165, 1.54) is 0 Å². The standard InChI is InChI=1S/C13H15BrN2O2/c1-18-9-12(5-6-14)16-13(17)11-4-2-3-10(7-11)8-15/h2-4,7,12H,5-6,9H2,1H3,(H,16,17). The van der Waals surface area contributed by atoms with Crippen LogP contribution in [0.3, 0.4) is 0 Å². The molecule has 18 heavy (non-hydrogen) atoms. The molecule has 0 saturated carbocycles. The summed E-state index contributed by atoms with van der Waals surface area (Å²) in [5.41, 5.74) is 0.969. The van der Waals surface area contributed by atoms with Crippen LogP contribution in [-0.2, 0) is 4.74 Å². The summed E-state index contributed by atoms with van der Waals surface area (Å²) in [5, 5.41) is 12.5. The quantitative estimate of drug-likeness (QED) is 0.818. The molecule has 0 spiro atoms. The van der Waals surface area contributed by atoms with Gasteiger partial charge in [-0.15, -0.1) is 0 Å². The van der Waals surface area contributed by atoms with Crippen molar-refractivity contribution in [2.75, 3.05) is 19.0 Å². The van der Waals surface area contributed by atoms with E-state index in [9.17, 15) is 4.79 Å². The predicted octanol–water partition coefficient (Wildman–Crippen LogP) is 2.09. The third-order valence-corrected chi connectivity index (χ3v) is 2.87. The van der Waals surface area contributed by atoms with Crippen LogP contribution in [0.4, 0.5) is 0 Å². The number of nitrogens with one attached hydrogen (secondary N) is 1. The third-order valence-electron chi connectivity index (χ3n) is 2.41. The molecule has 1 aromatic carbocycles. The highest BCUT2D eigenvalue weighted by atomic mass is 79.9. The van der Waals surface area contributed by atoms with Crippen molar-refractivity contribution in [2.24, 2.45) is 0 Å². The molecular formula is C13H15BrN2O2. The summed E-state index contributed by atoms with van der Waals surface area (Å²) in [6.45, 7) is 0.468. The molecule has 1 aromatic rings. The summed E-state index contributed by atoms with van der Waals surface area (Å²) in [6.07, 6.45) is 0.789. The fourth-order valence-corrected chi connectivity index (χ4v) is 2.08. The average Bonchev–Trinajstić information content (AvgIpc) is 2.39. The second-order valence-electron chi connectivity index (χ2n) is 3.80. The van der Waals surface area contributed by atoms with E-state index in [1.807, 2.05) is 6.07 Å². The Balaban J connectivity index is 2.71. The molecule has 0 fully saturated rings. The molecule has 4 nitrogen and oxygen atoms in total. The zero-order valence-electron chi connectivity index (χ0n) is 10.1. The van der Waals surface area contributed by atoms with Crippen molar-refractivity contribution >= 4 is 21.8 Å². The van der Waals surface area contributed by atoms with Gasteiger partial charge in [-0.25, -0.2) is 0 Å². The van der Waals surface area contributed by atoms with Gasteiger partial charge >= 0.3 is 0 Å². The van der Waals surface area contributed by atoms with E-state index in [4.69, 9.17) is 10.00 Å². The number of carbonyl (C=O) groups excluding carboxylic acids is 1. The minimum absolute atomic E-state index is 0.0346. The lowest BCUT2D eigenvalue weighted by Gasteiger charge is -2.16. The SMILES string of the molecule is COCC(CCBr)NC(=O)c1cccc(C#N)c1. The zero-order chi connectivity index (χ0) is 13.4. The van der Waals surface area contributed by atoms with Gasteiger partial charge in [-0.1, -0.05) is 22.0 Å². The van der Waals surface area contributed by atoms with Gasteiger partial charge in [0.25, 0.3) is 5.91 Å². The first-order valence-electron chi connectivity index (χ1n) is 5.57. The highest BCUT2D eigenvalue weighted by Crippen LogP contribution is 2.05. The number of amides is 1. The van der Waals surface area contributed by atoms with Crippen molar-refractivity contribution in [1.29, 1.82) is 5.26 Å². The van der Waals surface area contributed by atoms with Crippen molar-refractivity contribution in [1.82, 2.24) is 5.32 Å². The van der Waals surface area contributed by atoms with Gasteiger partial charge < -0.3 is 10.1 Å². The van der Waals surface area contributed by atoms with E-state index in [0.29, 0.717) is 17.7 Å². The van der Waals surface area contributed by atoms with E-state index < -0.39 is 0 Å². The Hall–Kier alpha value is -1.38.